The number of benzene rings is 1. The van der Waals surface area contributed by atoms with E-state index in [4.69, 9.17) is 4.74 Å². The van der Waals surface area contributed by atoms with Gasteiger partial charge in [-0.1, -0.05) is 18.2 Å². The van der Waals surface area contributed by atoms with Gasteiger partial charge in [-0.3, -0.25) is 5.43 Å². The SMILES string of the molecule is CC(C)(C)NNC(C)(C#N)COC(=O)c1ccccc1. The number of nitrogens with zero attached hydrogens (tertiary/aromatic N) is 1. The fourth-order valence-corrected chi connectivity index (χ4v) is 1.29. The number of carbonyl (C=O) groups is 1. The van der Waals surface area contributed by atoms with Crippen molar-refractivity contribution in [3.05, 3.63) is 35.9 Å². The van der Waals surface area contributed by atoms with Crippen LogP contribution in [0, 0.1) is 11.3 Å². The van der Waals surface area contributed by atoms with E-state index in [1.807, 2.05) is 26.8 Å². The maximum atomic E-state index is 11.8. The molecule has 20 heavy (non-hydrogen) atoms. The Bertz CT molecular complexity index is 488. The summed E-state index contributed by atoms with van der Waals surface area (Å²) in [5.74, 6) is -0.440. The average Bonchev–Trinajstić information content (AvgIpc) is 2.43. The molecule has 0 aliphatic carbocycles. The smallest absolute Gasteiger partial charge is 0.338 e. The number of hydrogen-bond donors (Lipinski definition) is 2. The Hall–Kier alpha value is -1.90. The molecule has 1 unspecified atom stereocenters. The third kappa shape index (κ3) is 5.39. The van der Waals surface area contributed by atoms with Crippen molar-refractivity contribution in [2.24, 2.45) is 0 Å². The number of rotatable bonds is 5. The molecule has 5 heteroatoms. The van der Waals surface area contributed by atoms with E-state index in [0.717, 1.165) is 0 Å². The van der Waals surface area contributed by atoms with E-state index in [1.54, 1.807) is 31.2 Å². The van der Waals surface area contributed by atoms with E-state index in [2.05, 4.69) is 16.9 Å². The lowest BCUT2D eigenvalue weighted by molar-refractivity contribution is 0.0411. The van der Waals surface area contributed by atoms with Crippen LogP contribution in [0.5, 0.6) is 0 Å². The minimum Gasteiger partial charge on any atom is -0.459 e. The molecule has 0 saturated heterocycles. The van der Waals surface area contributed by atoms with Crippen molar-refractivity contribution in [3.8, 4) is 6.07 Å². The lowest BCUT2D eigenvalue weighted by Crippen LogP contribution is -2.58. The van der Waals surface area contributed by atoms with Gasteiger partial charge in [0.1, 0.15) is 6.61 Å². The second-order valence-corrected chi connectivity index (χ2v) is 5.89. The summed E-state index contributed by atoms with van der Waals surface area (Å²) in [5.41, 5.74) is 5.21. The number of hydrazine groups is 1. The number of nitriles is 1. The fourth-order valence-electron chi connectivity index (χ4n) is 1.29. The van der Waals surface area contributed by atoms with E-state index < -0.39 is 11.5 Å². The van der Waals surface area contributed by atoms with Gasteiger partial charge < -0.3 is 4.74 Å². The maximum absolute atomic E-state index is 11.8. The van der Waals surface area contributed by atoms with E-state index in [-0.39, 0.29) is 12.1 Å². The molecule has 1 atom stereocenters. The Balaban J connectivity index is 2.57. The standard InChI is InChI=1S/C15H21N3O2/c1-14(2,3)17-18-15(4,10-16)11-20-13(19)12-8-6-5-7-9-12/h5-9,17-18H,11H2,1-4H3. The Morgan fingerprint density at radius 3 is 2.30 bits per heavy atom. The molecule has 1 aromatic carbocycles. The summed E-state index contributed by atoms with van der Waals surface area (Å²) in [7, 11) is 0. The molecule has 0 saturated carbocycles. The van der Waals surface area contributed by atoms with Gasteiger partial charge in [0.15, 0.2) is 5.54 Å². The zero-order valence-electron chi connectivity index (χ0n) is 12.4. The van der Waals surface area contributed by atoms with Crippen LogP contribution in [0.25, 0.3) is 0 Å². The van der Waals surface area contributed by atoms with Crippen LogP contribution < -0.4 is 10.9 Å². The van der Waals surface area contributed by atoms with Gasteiger partial charge in [-0.2, -0.15) is 5.26 Å². The van der Waals surface area contributed by atoms with Gasteiger partial charge in [-0.15, -0.1) is 0 Å². The van der Waals surface area contributed by atoms with Crippen molar-refractivity contribution in [3.63, 3.8) is 0 Å². The molecule has 0 aromatic heterocycles. The number of nitrogens with one attached hydrogen (secondary N) is 2. The van der Waals surface area contributed by atoms with Crippen molar-refractivity contribution in [1.82, 2.24) is 10.9 Å². The molecule has 0 bridgehead atoms. The zero-order chi connectivity index (χ0) is 15.2. The molecule has 5 nitrogen and oxygen atoms in total. The topological polar surface area (TPSA) is 74.2 Å². The Morgan fingerprint density at radius 1 is 1.20 bits per heavy atom. The predicted molar refractivity (Wildman–Crippen MR) is 76.8 cm³/mol. The van der Waals surface area contributed by atoms with Crippen LogP contribution in [0.15, 0.2) is 30.3 Å². The minimum atomic E-state index is -0.988. The summed E-state index contributed by atoms with van der Waals surface area (Å²) in [6.07, 6.45) is 0. The van der Waals surface area contributed by atoms with Crippen LogP contribution in [0.3, 0.4) is 0 Å². The highest BCUT2D eigenvalue weighted by atomic mass is 16.5. The summed E-state index contributed by atoms with van der Waals surface area (Å²) in [6.45, 7) is 7.53. The highest BCUT2D eigenvalue weighted by molar-refractivity contribution is 5.89. The van der Waals surface area contributed by atoms with Crippen LogP contribution in [0.1, 0.15) is 38.1 Å². The number of hydrogen-bond acceptors (Lipinski definition) is 5. The largest absolute Gasteiger partial charge is 0.459 e. The van der Waals surface area contributed by atoms with Gasteiger partial charge in [0.25, 0.3) is 0 Å². The van der Waals surface area contributed by atoms with Crippen molar-refractivity contribution >= 4 is 5.97 Å². The number of ether oxygens (including phenoxy) is 1. The third-order valence-electron chi connectivity index (χ3n) is 2.46. The van der Waals surface area contributed by atoms with E-state index in [1.165, 1.54) is 0 Å². The third-order valence-corrected chi connectivity index (χ3v) is 2.46. The van der Waals surface area contributed by atoms with Crippen molar-refractivity contribution < 1.29 is 9.53 Å². The number of carbonyl (C=O) groups excluding carboxylic acids is 1. The van der Waals surface area contributed by atoms with Crippen LogP contribution in [0.4, 0.5) is 0 Å². The van der Waals surface area contributed by atoms with E-state index in [0.29, 0.717) is 5.56 Å². The Kier molecular flexibility index (Phi) is 5.26. The first-order chi connectivity index (χ1) is 9.26. The summed E-state index contributed by atoms with van der Waals surface area (Å²) in [5, 5.41) is 9.22. The van der Waals surface area contributed by atoms with E-state index >= 15 is 0 Å². The highest BCUT2D eigenvalue weighted by Crippen LogP contribution is 2.07. The summed E-state index contributed by atoms with van der Waals surface area (Å²) < 4.78 is 5.19. The monoisotopic (exact) mass is 275 g/mol. The van der Waals surface area contributed by atoms with Gasteiger partial charge in [0.2, 0.25) is 0 Å². The summed E-state index contributed by atoms with van der Waals surface area (Å²) in [4.78, 5) is 11.8. The predicted octanol–water partition coefficient (Wildman–Crippen LogP) is 2.02. The van der Waals surface area contributed by atoms with Crippen LogP contribution in [-0.2, 0) is 4.74 Å². The molecule has 1 aromatic rings. The van der Waals surface area contributed by atoms with Crippen molar-refractivity contribution in [2.75, 3.05) is 6.61 Å². The average molecular weight is 275 g/mol. The molecule has 0 fully saturated rings. The molecule has 0 aliphatic heterocycles. The molecule has 2 N–H and O–H groups in total. The molecule has 108 valence electrons. The van der Waals surface area contributed by atoms with Gasteiger partial charge in [-0.25, -0.2) is 10.2 Å². The first kappa shape index (κ1) is 16.2. The van der Waals surface area contributed by atoms with Crippen LogP contribution in [-0.4, -0.2) is 23.7 Å². The molecule has 0 amide bonds. The van der Waals surface area contributed by atoms with Crippen molar-refractivity contribution in [1.29, 1.82) is 5.26 Å². The van der Waals surface area contributed by atoms with Crippen molar-refractivity contribution in [2.45, 2.75) is 38.8 Å². The first-order valence-electron chi connectivity index (χ1n) is 6.43. The molecule has 0 radical (unpaired) electrons. The highest BCUT2D eigenvalue weighted by Gasteiger charge is 2.27. The molecular formula is C15H21N3O2. The second-order valence-electron chi connectivity index (χ2n) is 5.89. The van der Waals surface area contributed by atoms with Gasteiger partial charge >= 0.3 is 5.97 Å². The maximum Gasteiger partial charge on any atom is 0.338 e. The number of esters is 1. The minimum absolute atomic E-state index is 0.0414. The normalized spacial score (nSPS) is 14.2. The van der Waals surface area contributed by atoms with Crippen LogP contribution >= 0.6 is 0 Å². The fraction of sp³-hybridized carbons (Fsp3) is 0.467. The Labute approximate surface area is 119 Å². The lowest BCUT2D eigenvalue weighted by Gasteiger charge is -2.29. The molecule has 0 aliphatic rings. The molecular weight excluding hydrogens is 254 g/mol. The lowest BCUT2D eigenvalue weighted by atomic mass is 10.1. The second kappa shape index (κ2) is 6.51. The molecule has 0 spiro atoms. The van der Waals surface area contributed by atoms with Gasteiger partial charge in [0.05, 0.1) is 11.6 Å². The van der Waals surface area contributed by atoms with Gasteiger partial charge in [0, 0.05) is 5.54 Å². The van der Waals surface area contributed by atoms with Gasteiger partial charge in [-0.05, 0) is 39.8 Å². The quantitative estimate of drug-likeness (QED) is 0.635. The molecule has 1 rings (SSSR count). The summed E-state index contributed by atoms with van der Waals surface area (Å²) >= 11 is 0. The molecule has 0 heterocycles. The summed E-state index contributed by atoms with van der Waals surface area (Å²) in [6, 6.07) is 10.8. The zero-order valence-corrected chi connectivity index (χ0v) is 12.4. The van der Waals surface area contributed by atoms with Crippen LogP contribution in [0.2, 0.25) is 0 Å². The first-order valence-corrected chi connectivity index (χ1v) is 6.43. The Morgan fingerprint density at radius 2 is 1.80 bits per heavy atom. The van der Waals surface area contributed by atoms with E-state index in [9.17, 15) is 10.1 Å².